The summed E-state index contributed by atoms with van der Waals surface area (Å²) in [6, 6.07) is 6.47. The number of hydrogen-bond donors (Lipinski definition) is 0. The molecule has 0 N–H and O–H groups in total. The van der Waals surface area contributed by atoms with Crippen LogP contribution < -0.4 is 4.74 Å². The fraction of sp³-hybridized carbons (Fsp3) is 0.667. The van der Waals surface area contributed by atoms with Crippen molar-refractivity contribution in [1.29, 1.82) is 0 Å². The molecule has 0 aromatic heterocycles. The Hall–Kier alpha value is -1.55. The number of nitrogens with zero attached hydrogens (tertiary/aromatic N) is 2. The van der Waals surface area contributed by atoms with Crippen LogP contribution in [0.25, 0.3) is 0 Å². The first kappa shape index (κ1) is 18.2. The molecule has 0 spiro atoms. The van der Waals surface area contributed by atoms with Gasteiger partial charge in [0.05, 0.1) is 13.5 Å². The van der Waals surface area contributed by atoms with Gasteiger partial charge in [0.15, 0.2) is 0 Å². The van der Waals surface area contributed by atoms with Gasteiger partial charge in [-0.1, -0.05) is 24.1 Å². The Bertz CT molecular complexity index is 581. The van der Waals surface area contributed by atoms with E-state index in [0.717, 1.165) is 37.2 Å². The zero-order chi connectivity index (χ0) is 17.6. The van der Waals surface area contributed by atoms with Crippen LogP contribution >= 0.6 is 0 Å². The van der Waals surface area contributed by atoms with Crippen LogP contribution in [0.3, 0.4) is 0 Å². The highest BCUT2D eigenvalue weighted by Gasteiger charge is 2.29. The van der Waals surface area contributed by atoms with E-state index in [1.54, 1.807) is 7.11 Å². The van der Waals surface area contributed by atoms with Gasteiger partial charge in [0.1, 0.15) is 5.75 Å². The Balaban J connectivity index is 1.67. The van der Waals surface area contributed by atoms with Crippen molar-refractivity contribution in [3.05, 3.63) is 29.3 Å². The average molecular weight is 344 g/mol. The van der Waals surface area contributed by atoms with Gasteiger partial charge in [0.2, 0.25) is 5.91 Å². The Kier molecular flexibility index (Phi) is 6.35. The number of carbonyl (C=O) groups is 1. The number of amides is 1. The lowest BCUT2D eigenvalue weighted by Crippen LogP contribution is -2.50. The first-order valence-corrected chi connectivity index (χ1v) is 9.82. The van der Waals surface area contributed by atoms with Crippen molar-refractivity contribution in [2.45, 2.75) is 57.9 Å². The van der Waals surface area contributed by atoms with Gasteiger partial charge in [-0.25, -0.2) is 0 Å². The van der Waals surface area contributed by atoms with E-state index in [1.807, 2.05) is 12.1 Å². The molecule has 2 saturated heterocycles. The molecule has 1 amide bonds. The van der Waals surface area contributed by atoms with Crippen LogP contribution in [-0.4, -0.2) is 55.0 Å². The Labute approximate surface area is 152 Å². The van der Waals surface area contributed by atoms with E-state index in [-0.39, 0.29) is 5.91 Å². The number of likely N-dealkylation sites (tertiary alicyclic amines) is 2. The van der Waals surface area contributed by atoms with Crippen LogP contribution in [0.15, 0.2) is 18.2 Å². The molecule has 138 valence electrons. The smallest absolute Gasteiger partial charge is 0.227 e. The van der Waals surface area contributed by atoms with Gasteiger partial charge in [0, 0.05) is 24.7 Å². The maximum Gasteiger partial charge on any atom is 0.227 e. The third kappa shape index (κ3) is 4.75. The van der Waals surface area contributed by atoms with Gasteiger partial charge in [-0.05, 0) is 58.2 Å². The molecule has 2 aliphatic rings. The van der Waals surface area contributed by atoms with E-state index in [1.165, 1.54) is 44.3 Å². The SMILES string of the molecule is COc1ccc(C)cc1CC(=O)N1CCCC[C@H]1CN1CCCCC1. The summed E-state index contributed by atoms with van der Waals surface area (Å²) in [5, 5.41) is 0. The van der Waals surface area contributed by atoms with E-state index < -0.39 is 0 Å². The molecular weight excluding hydrogens is 312 g/mol. The van der Waals surface area contributed by atoms with Crippen molar-refractivity contribution in [2.75, 3.05) is 33.3 Å². The Morgan fingerprint density at radius 1 is 1.12 bits per heavy atom. The van der Waals surface area contributed by atoms with E-state index in [2.05, 4.69) is 22.8 Å². The summed E-state index contributed by atoms with van der Waals surface area (Å²) in [5.74, 6) is 1.08. The quantitative estimate of drug-likeness (QED) is 0.820. The highest BCUT2D eigenvalue weighted by atomic mass is 16.5. The molecule has 1 aromatic carbocycles. The largest absolute Gasteiger partial charge is 0.496 e. The number of aryl methyl sites for hydroxylation is 1. The van der Waals surface area contributed by atoms with Crippen molar-refractivity contribution in [2.24, 2.45) is 0 Å². The van der Waals surface area contributed by atoms with Crippen LogP contribution in [0.5, 0.6) is 5.75 Å². The highest BCUT2D eigenvalue weighted by molar-refractivity contribution is 5.80. The third-order valence-corrected chi connectivity index (χ3v) is 5.64. The topological polar surface area (TPSA) is 32.8 Å². The molecule has 0 unspecified atom stereocenters. The van der Waals surface area contributed by atoms with Gasteiger partial charge < -0.3 is 14.5 Å². The first-order valence-electron chi connectivity index (χ1n) is 9.82. The highest BCUT2D eigenvalue weighted by Crippen LogP contribution is 2.24. The van der Waals surface area contributed by atoms with Gasteiger partial charge in [-0.3, -0.25) is 4.79 Å². The Morgan fingerprint density at radius 3 is 2.64 bits per heavy atom. The van der Waals surface area contributed by atoms with Crippen molar-refractivity contribution in [1.82, 2.24) is 9.80 Å². The summed E-state index contributed by atoms with van der Waals surface area (Å²) in [5.41, 5.74) is 2.18. The maximum absolute atomic E-state index is 13.1. The standard InChI is InChI=1S/C21H32N2O2/c1-17-9-10-20(25-2)18(14-17)15-21(24)23-13-7-4-8-19(23)16-22-11-5-3-6-12-22/h9-10,14,19H,3-8,11-13,15-16H2,1-2H3/t19-/m0/s1. The number of ether oxygens (including phenoxy) is 1. The maximum atomic E-state index is 13.1. The summed E-state index contributed by atoms with van der Waals surface area (Å²) >= 11 is 0. The molecule has 2 heterocycles. The fourth-order valence-electron chi connectivity index (χ4n) is 4.27. The average Bonchev–Trinajstić information content (AvgIpc) is 2.63. The summed E-state index contributed by atoms with van der Waals surface area (Å²) in [7, 11) is 1.68. The van der Waals surface area contributed by atoms with E-state index in [9.17, 15) is 4.79 Å². The van der Waals surface area contributed by atoms with Gasteiger partial charge in [-0.15, -0.1) is 0 Å². The molecule has 0 radical (unpaired) electrons. The van der Waals surface area contributed by atoms with Crippen LogP contribution in [0.4, 0.5) is 0 Å². The second-order valence-electron chi connectivity index (χ2n) is 7.59. The minimum Gasteiger partial charge on any atom is -0.496 e. The van der Waals surface area contributed by atoms with Crippen LogP contribution in [0.1, 0.15) is 49.7 Å². The summed E-state index contributed by atoms with van der Waals surface area (Å²) < 4.78 is 5.46. The second kappa shape index (κ2) is 8.70. The number of hydrogen-bond acceptors (Lipinski definition) is 3. The first-order chi connectivity index (χ1) is 12.2. The summed E-state index contributed by atoms with van der Waals surface area (Å²) in [6.07, 6.45) is 7.94. The third-order valence-electron chi connectivity index (χ3n) is 5.64. The van der Waals surface area contributed by atoms with Crippen LogP contribution in [0, 0.1) is 6.92 Å². The van der Waals surface area contributed by atoms with Gasteiger partial charge in [0.25, 0.3) is 0 Å². The molecule has 1 aromatic rings. The predicted molar refractivity (Wildman–Crippen MR) is 101 cm³/mol. The van der Waals surface area contributed by atoms with Crippen LogP contribution in [0.2, 0.25) is 0 Å². The minimum absolute atomic E-state index is 0.255. The normalized spacial score (nSPS) is 22.0. The lowest BCUT2D eigenvalue weighted by atomic mass is 9.98. The molecule has 4 nitrogen and oxygen atoms in total. The molecule has 2 fully saturated rings. The molecule has 4 heteroatoms. The number of rotatable bonds is 5. The Morgan fingerprint density at radius 2 is 1.88 bits per heavy atom. The number of piperidine rings is 2. The van der Waals surface area contributed by atoms with Crippen molar-refractivity contribution in [3.63, 3.8) is 0 Å². The predicted octanol–water partition coefficient (Wildman–Crippen LogP) is 3.41. The molecular formula is C21H32N2O2. The zero-order valence-corrected chi connectivity index (χ0v) is 15.8. The molecule has 3 rings (SSSR count). The number of carbonyl (C=O) groups excluding carboxylic acids is 1. The van der Waals surface area contributed by atoms with E-state index in [4.69, 9.17) is 4.74 Å². The van der Waals surface area contributed by atoms with Crippen molar-refractivity contribution in [3.8, 4) is 5.75 Å². The molecule has 0 saturated carbocycles. The van der Waals surface area contributed by atoms with Crippen molar-refractivity contribution >= 4 is 5.91 Å². The summed E-state index contributed by atoms with van der Waals surface area (Å²) in [4.78, 5) is 17.8. The minimum atomic E-state index is 0.255. The number of methoxy groups -OCH3 is 1. The fourth-order valence-corrected chi connectivity index (χ4v) is 4.27. The monoisotopic (exact) mass is 344 g/mol. The molecule has 2 aliphatic heterocycles. The van der Waals surface area contributed by atoms with Crippen LogP contribution in [-0.2, 0) is 11.2 Å². The summed E-state index contributed by atoms with van der Waals surface area (Å²) in [6.45, 7) is 6.42. The lowest BCUT2D eigenvalue weighted by molar-refractivity contribution is -0.134. The van der Waals surface area contributed by atoms with E-state index >= 15 is 0 Å². The molecule has 0 bridgehead atoms. The number of benzene rings is 1. The molecule has 0 aliphatic carbocycles. The second-order valence-corrected chi connectivity index (χ2v) is 7.59. The molecule has 1 atom stereocenters. The van der Waals surface area contributed by atoms with Gasteiger partial charge in [-0.2, -0.15) is 0 Å². The van der Waals surface area contributed by atoms with Crippen molar-refractivity contribution < 1.29 is 9.53 Å². The van der Waals surface area contributed by atoms with E-state index in [0.29, 0.717) is 12.5 Å². The zero-order valence-electron chi connectivity index (χ0n) is 15.8. The van der Waals surface area contributed by atoms with Gasteiger partial charge >= 0.3 is 0 Å². The lowest BCUT2D eigenvalue weighted by Gasteiger charge is -2.40. The molecule has 25 heavy (non-hydrogen) atoms.